The number of nitrogens with zero attached hydrogens (tertiary/aromatic N) is 3. The molecule has 2 amide bonds. The number of nitrogens with one attached hydrogen (secondary N) is 1. The van der Waals surface area contributed by atoms with E-state index in [1.54, 1.807) is 17.8 Å². The van der Waals surface area contributed by atoms with Gasteiger partial charge in [-0.3, -0.25) is 14.3 Å². The Morgan fingerprint density at radius 1 is 1.24 bits per heavy atom. The zero-order valence-electron chi connectivity index (χ0n) is 16.1. The summed E-state index contributed by atoms with van der Waals surface area (Å²) in [5.74, 6) is -0.282. The Bertz CT molecular complexity index is 1100. The molecule has 1 aromatic heterocycles. The number of amides is 2. The maximum absolute atomic E-state index is 12.5. The Balaban J connectivity index is 1.40. The van der Waals surface area contributed by atoms with Crippen LogP contribution in [0.2, 0.25) is 5.02 Å². The van der Waals surface area contributed by atoms with Gasteiger partial charge in [-0.1, -0.05) is 11.6 Å². The number of benzene rings is 1. The predicted octanol–water partition coefficient (Wildman–Crippen LogP) is 2.38. The highest BCUT2D eigenvalue weighted by molar-refractivity contribution is 7.90. The number of likely N-dealkylation sites (tertiary alicyclic amines) is 1. The lowest BCUT2D eigenvalue weighted by Gasteiger charge is -2.58. The van der Waals surface area contributed by atoms with Gasteiger partial charge in [-0.2, -0.15) is 5.10 Å². The van der Waals surface area contributed by atoms with Gasteiger partial charge in [0.2, 0.25) is 5.91 Å². The van der Waals surface area contributed by atoms with Crippen LogP contribution in [0.4, 0.5) is 5.69 Å². The normalized spacial score (nSPS) is 18.2. The van der Waals surface area contributed by atoms with Crippen LogP contribution in [0.5, 0.6) is 0 Å². The number of carbonyl (C=O) groups is 2. The topological polar surface area (TPSA) is 101 Å². The molecule has 1 saturated heterocycles. The second-order valence-corrected chi connectivity index (χ2v) is 10.5. The molecule has 1 spiro atoms. The summed E-state index contributed by atoms with van der Waals surface area (Å²) in [5, 5.41) is 7.20. The number of hydrogen-bond donors (Lipinski definition) is 1. The van der Waals surface area contributed by atoms with Crippen LogP contribution < -0.4 is 5.32 Å². The van der Waals surface area contributed by atoms with Crippen LogP contribution in [0.25, 0.3) is 0 Å². The van der Waals surface area contributed by atoms with Gasteiger partial charge in [0.15, 0.2) is 9.84 Å². The van der Waals surface area contributed by atoms with Crippen LogP contribution in [-0.2, 0) is 14.6 Å². The second kappa shape index (κ2) is 6.84. The Hall–Kier alpha value is -2.39. The average molecular weight is 437 g/mol. The molecule has 0 unspecified atom stereocenters. The van der Waals surface area contributed by atoms with Crippen LogP contribution in [0.15, 0.2) is 35.5 Å². The number of rotatable bonds is 4. The molecule has 1 saturated carbocycles. The maximum atomic E-state index is 12.5. The summed E-state index contributed by atoms with van der Waals surface area (Å²) in [7, 11) is -3.45. The van der Waals surface area contributed by atoms with Gasteiger partial charge >= 0.3 is 0 Å². The number of hydrogen-bond acceptors (Lipinski definition) is 5. The van der Waals surface area contributed by atoms with E-state index in [1.165, 1.54) is 24.4 Å². The fourth-order valence-electron chi connectivity index (χ4n) is 4.08. The highest BCUT2D eigenvalue weighted by atomic mass is 35.5. The van der Waals surface area contributed by atoms with E-state index >= 15 is 0 Å². The monoisotopic (exact) mass is 436 g/mol. The van der Waals surface area contributed by atoms with Crippen molar-refractivity contribution in [3.63, 3.8) is 0 Å². The van der Waals surface area contributed by atoms with Gasteiger partial charge < -0.3 is 10.2 Å². The lowest BCUT2D eigenvalue weighted by atomic mass is 9.60. The molecule has 154 valence electrons. The molecule has 1 aliphatic carbocycles. The smallest absolute Gasteiger partial charge is 0.258 e. The van der Waals surface area contributed by atoms with E-state index < -0.39 is 15.7 Å². The van der Waals surface area contributed by atoms with Gasteiger partial charge in [0.25, 0.3) is 5.91 Å². The number of anilines is 1. The summed E-state index contributed by atoms with van der Waals surface area (Å²) in [6.45, 7) is 3.18. The summed E-state index contributed by atoms with van der Waals surface area (Å²) in [5.41, 5.74) is 0.885. The Kier molecular flexibility index (Phi) is 4.70. The molecule has 8 nitrogen and oxygen atoms in total. The number of halogens is 1. The average Bonchev–Trinajstić information content (AvgIpc) is 3.00. The van der Waals surface area contributed by atoms with Crippen molar-refractivity contribution >= 4 is 38.9 Å². The first-order valence-corrected chi connectivity index (χ1v) is 11.4. The van der Waals surface area contributed by atoms with E-state index in [4.69, 9.17) is 11.6 Å². The van der Waals surface area contributed by atoms with Crippen LogP contribution in [-0.4, -0.2) is 54.3 Å². The van der Waals surface area contributed by atoms with Crippen molar-refractivity contribution in [2.75, 3.05) is 24.7 Å². The van der Waals surface area contributed by atoms with Crippen molar-refractivity contribution in [1.29, 1.82) is 0 Å². The summed E-state index contributed by atoms with van der Waals surface area (Å²) in [4.78, 5) is 25.8. The molecular formula is C19H21ClN4O4S. The van der Waals surface area contributed by atoms with Gasteiger partial charge in [0.1, 0.15) is 0 Å². The first-order chi connectivity index (χ1) is 13.5. The molecule has 2 aliphatic rings. The van der Waals surface area contributed by atoms with Gasteiger partial charge in [0, 0.05) is 48.6 Å². The molecule has 0 bridgehead atoms. The lowest BCUT2D eigenvalue weighted by molar-refractivity contribution is -0.151. The molecule has 2 aromatic rings. The number of carbonyl (C=O) groups excluding carboxylic acids is 2. The standard InChI is InChI=1S/C19H21ClN4O4S/c1-12(25)23-10-19(11-23)6-16(7-19)24-9-13(8-21-24)18(26)22-15-3-14(20)4-17(5-15)29(2,27)28/h3-5,8-9,16H,6-7,10-11H2,1-2H3,(H,22,26). The first-order valence-electron chi connectivity index (χ1n) is 9.16. The third kappa shape index (κ3) is 3.89. The minimum atomic E-state index is -3.45. The summed E-state index contributed by atoms with van der Waals surface area (Å²) in [6.07, 6.45) is 6.13. The third-order valence-corrected chi connectivity index (χ3v) is 6.94. The van der Waals surface area contributed by atoms with Crippen LogP contribution in [0.3, 0.4) is 0 Å². The van der Waals surface area contributed by atoms with E-state index in [1.807, 2.05) is 4.90 Å². The van der Waals surface area contributed by atoms with Crippen molar-refractivity contribution in [3.05, 3.63) is 41.2 Å². The molecule has 0 radical (unpaired) electrons. The Morgan fingerprint density at radius 2 is 1.93 bits per heavy atom. The minimum absolute atomic E-state index is 0.0378. The van der Waals surface area contributed by atoms with Crippen molar-refractivity contribution in [2.24, 2.45) is 5.41 Å². The third-order valence-electron chi connectivity index (χ3n) is 5.63. The van der Waals surface area contributed by atoms with Gasteiger partial charge in [-0.15, -0.1) is 0 Å². The van der Waals surface area contributed by atoms with Crippen molar-refractivity contribution in [2.45, 2.75) is 30.7 Å². The van der Waals surface area contributed by atoms with E-state index in [0.29, 0.717) is 11.3 Å². The van der Waals surface area contributed by atoms with Gasteiger partial charge in [-0.05, 0) is 31.0 Å². The molecule has 1 aliphatic heterocycles. The van der Waals surface area contributed by atoms with Gasteiger partial charge in [0.05, 0.1) is 22.7 Å². The number of aromatic nitrogens is 2. The molecular weight excluding hydrogens is 416 g/mol. The van der Waals surface area contributed by atoms with E-state index in [2.05, 4.69) is 10.4 Å². The van der Waals surface area contributed by atoms with Gasteiger partial charge in [-0.25, -0.2) is 8.42 Å². The highest BCUT2D eigenvalue weighted by Crippen LogP contribution is 2.53. The van der Waals surface area contributed by atoms with E-state index in [-0.39, 0.29) is 27.3 Å². The minimum Gasteiger partial charge on any atom is -0.342 e. The van der Waals surface area contributed by atoms with Crippen molar-refractivity contribution in [1.82, 2.24) is 14.7 Å². The Morgan fingerprint density at radius 3 is 2.55 bits per heavy atom. The van der Waals surface area contributed by atoms with Crippen molar-refractivity contribution in [3.8, 4) is 0 Å². The van der Waals surface area contributed by atoms with E-state index in [0.717, 1.165) is 32.2 Å². The Labute approximate surface area is 173 Å². The van der Waals surface area contributed by atoms with Crippen LogP contribution in [0, 0.1) is 5.41 Å². The highest BCUT2D eigenvalue weighted by Gasteiger charge is 2.53. The van der Waals surface area contributed by atoms with Crippen LogP contribution in [0.1, 0.15) is 36.2 Å². The largest absolute Gasteiger partial charge is 0.342 e. The zero-order chi connectivity index (χ0) is 21.0. The summed E-state index contributed by atoms with van der Waals surface area (Å²) < 4.78 is 25.3. The second-order valence-electron chi connectivity index (χ2n) is 8.05. The number of sulfone groups is 1. The SMILES string of the molecule is CC(=O)N1CC2(CC(n3cc(C(=O)Nc4cc(Cl)cc(S(C)(=O)=O)c4)cn3)C2)C1. The molecule has 2 fully saturated rings. The molecule has 10 heteroatoms. The molecule has 1 N–H and O–H groups in total. The first kappa shape index (κ1) is 19.9. The zero-order valence-corrected chi connectivity index (χ0v) is 17.6. The predicted molar refractivity (Wildman–Crippen MR) is 108 cm³/mol. The fourth-order valence-corrected chi connectivity index (χ4v) is 5.06. The molecule has 4 rings (SSSR count). The van der Waals surface area contributed by atoms with Crippen LogP contribution >= 0.6 is 11.6 Å². The van der Waals surface area contributed by atoms with E-state index in [9.17, 15) is 18.0 Å². The van der Waals surface area contributed by atoms with Crippen molar-refractivity contribution < 1.29 is 18.0 Å². The lowest BCUT2D eigenvalue weighted by Crippen LogP contribution is -2.63. The quantitative estimate of drug-likeness (QED) is 0.792. The molecule has 0 atom stereocenters. The summed E-state index contributed by atoms with van der Waals surface area (Å²) >= 11 is 5.98. The molecule has 29 heavy (non-hydrogen) atoms. The summed E-state index contributed by atoms with van der Waals surface area (Å²) in [6, 6.07) is 4.42. The molecule has 1 aromatic carbocycles. The fraction of sp³-hybridized carbons (Fsp3) is 0.421. The maximum Gasteiger partial charge on any atom is 0.258 e. The molecule has 2 heterocycles.